The average molecular weight is 346 g/mol. The number of aromatic amines is 1. The number of nitrogens with zero attached hydrogens (tertiary/aromatic N) is 3. The Kier molecular flexibility index (Phi) is 4.17. The molecule has 0 unspecified atom stereocenters. The molecule has 4 rings (SSSR count). The van der Waals surface area contributed by atoms with Gasteiger partial charge in [-0.2, -0.15) is 0 Å². The number of rotatable bonds is 4. The number of hydrogen-bond donors (Lipinski definition) is 2. The van der Waals surface area contributed by atoms with E-state index in [0.717, 1.165) is 35.8 Å². The zero-order chi connectivity index (χ0) is 16.5. The summed E-state index contributed by atoms with van der Waals surface area (Å²) in [7, 11) is 0. The molecule has 0 aromatic carbocycles. The zero-order valence-corrected chi connectivity index (χ0v) is 13.9. The summed E-state index contributed by atoms with van der Waals surface area (Å²) < 4.78 is 7.07. The molecule has 1 aliphatic heterocycles. The van der Waals surface area contributed by atoms with E-state index in [1.165, 1.54) is 11.3 Å². The van der Waals surface area contributed by atoms with E-state index in [1.807, 2.05) is 12.1 Å². The molecule has 126 valence electrons. The summed E-state index contributed by atoms with van der Waals surface area (Å²) in [4.78, 5) is 25.9. The van der Waals surface area contributed by atoms with Crippen molar-refractivity contribution in [2.45, 2.75) is 26.0 Å². The number of fused-ring (bicyclic) bond motifs is 1. The zero-order valence-electron chi connectivity index (χ0n) is 13.1. The second-order valence-corrected chi connectivity index (χ2v) is 7.12. The largest absolute Gasteiger partial charge is 0.391 e. The molecule has 24 heavy (non-hydrogen) atoms. The van der Waals surface area contributed by atoms with Crippen molar-refractivity contribution in [1.82, 2.24) is 19.5 Å². The fraction of sp³-hybridized carbons (Fsp3) is 0.438. The van der Waals surface area contributed by atoms with Gasteiger partial charge < -0.3 is 9.84 Å². The van der Waals surface area contributed by atoms with Gasteiger partial charge in [0.1, 0.15) is 5.69 Å². The van der Waals surface area contributed by atoms with E-state index < -0.39 is 0 Å². The van der Waals surface area contributed by atoms with E-state index >= 15 is 0 Å². The summed E-state index contributed by atoms with van der Waals surface area (Å²) in [5.74, 6) is 0.420. The molecule has 0 aliphatic carbocycles. The molecular formula is C16H18N4O3S. The second-order valence-electron chi connectivity index (χ2n) is 5.95. The van der Waals surface area contributed by atoms with Gasteiger partial charge in [-0.1, -0.05) is 0 Å². The maximum Gasteiger partial charge on any atom is 0.328 e. The lowest BCUT2D eigenvalue weighted by molar-refractivity contribution is 0.0613. The maximum atomic E-state index is 12.3. The van der Waals surface area contributed by atoms with Crippen LogP contribution < -0.4 is 5.69 Å². The van der Waals surface area contributed by atoms with Crippen LogP contribution in [0.15, 0.2) is 23.1 Å². The third-order valence-electron chi connectivity index (χ3n) is 4.33. The van der Waals surface area contributed by atoms with Gasteiger partial charge in [-0.05, 0) is 30.9 Å². The van der Waals surface area contributed by atoms with Gasteiger partial charge in [-0.15, -0.1) is 11.3 Å². The molecule has 0 radical (unpaired) electrons. The van der Waals surface area contributed by atoms with Gasteiger partial charge in [0.15, 0.2) is 11.3 Å². The first-order chi connectivity index (χ1) is 11.7. The number of imidazole rings is 1. The third-order valence-corrected chi connectivity index (χ3v) is 5.42. The highest BCUT2D eigenvalue weighted by molar-refractivity contribution is 7.15. The van der Waals surface area contributed by atoms with Crippen LogP contribution in [0.2, 0.25) is 0 Å². The van der Waals surface area contributed by atoms with E-state index in [9.17, 15) is 9.90 Å². The van der Waals surface area contributed by atoms with Gasteiger partial charge in [0.25, 0.3) is 0 Å². The van der Waals surface area contributed by atoms with Gasteiger partial charge in [-0.3, -0.25) is 9.55 Å². The second kappa shape index (κ2) is 6.46. The summed E-state index contributed by atoms with van der Waals surface area (Å²) in [5, 5.41) is 9.21. The van der Waals surface area contributed by atoms with Crippen molar-refractivity contribution >= 4 is 22.6 Å². The van der Waals surface area contributed by atoms with Gasteiger partial charge in [0, 0.05) is 24.6 Å². The Balaban J connectivity index is 1.71. The van der Waals surface area contributed by atoms with Crippen molar-refractivity contribution in [2.75, 3.05) is 13.2 Å². The molecule has 7 nitrogen and oxygen atoms in total. The van der Waals surface area contributed by atoms with Crippen molar-refractivity contribution in [1.29, 1.82) is 0 Å². The van der Waals surface area contributed by atoms with Crippen molar-refractivity contribution in [3.05, 3.63) is 33.7 Å². The molecule has 1 aliphatic rings. The van der Waals surface area contributed by atoms with E-state index in [0.29, 0.717) is 29.5 Å². The van der Waals surface area contributed by atoms with E-state index in [2.05, 4.69) is 15.0 Å². The van der Waals surface area contributed by atoms with Crippen LogP contribution in [0.5, 0.6) is 0 Å². The fourth-order valence-electron chi connectivity index (χ4n) is 3.00. The molecule has 0 saturated carbocycles. The Morgan fingerprint density at radius 3 is 2.96 bits per heavy atom. The number of hydrogen-bond acceptors (Lipinski definition) is 6. The molecule has 4 heterocycles. The molecule has 0 atom stereocenters. The molecule has 2 N–H and O–H groups in total. The minimum absolute atomic E-state index is 0.0129. The predicted molar refractivity (Wildman–Crippen MR) is 90.9 cm³/mol. The lowest BCUT2D eigenvalue weighted by Crippen LogP contribution is -2.26. The number of ether oxygens (including phenoxy) is 1. The summed E-state index contributed by atoms with van der Waals surface area (Å²) >= 11 is 1.48. The highest BCUT2D eigenvalue weighted by atomic mass is 32.1. The van der Waals surface area contributed by atoms with Crippen molar-refractivity contribution in [3.63, 3.8) is 0 Å². The monoisotopic (exact) mass is 346 g/mol. The minimum atomic E-state index is -0.170. The van der Waals surface area contributed by atoms with Gasteiger partial charge in [0.2, 0.25) is 0 Å². The lowest BCUT2D eigenvalue weighted by Gasteiger charge is -2.21. The van der Waals surface area contributed by atoms with Crippen LogP contribution >= 0.6 is 11.3 Å². The Morgan fingerprint density at radius 1 is 1.38 bits per heavy atom. The van der Waals surface area contributed by atoms with Crippen LogP contribution in [0.4, 0.5) is 0 Å². The minimum Gasteiger partial charge on any atom is -0.391 e. The summed E-state index contributed by atoms with van der Waals surface area (Å²) in [5.41, 5.74) is 1.64. The first-order valence-corrected chi connectivity index (χ1v) is 8.79. The Bertz CT molecular complexity index is 908. The van der Waals surface area contributed by atoms with Crippen LogP contribution in [0, 0.1) is 5.92 Å². The number of nitrogens with one attached hydrogen (secondary N) is 1. The van der Waals surface area contributed by atoms with Crippen molar-refractivity contribution < 1.29 is 9.84 Å². The first-order valence-electron chi connectivity index (χ1n) is 7.98. The Morgan fingerprint density at radius 2 is 2.21 bits per heavy atom. The Labute approximate surface area is 142 Å². The highest BCUT2D eigenvalue weighted by Gasteiger charge is 2.19. The first kappa shape index (κ1) is 15.5. The SMILES string of the molecule is O=c1[nH]c2ncc(-c3ccc(CO)s3)nc2n1CC1CCOCC1. The number of H-pyrrole nitrogens is 1. The molecular weight excluding hydrogens is 328 g/mol. The molecule has 3 aromatic rings. The summed E-state index contributed by atoms with van der Waals surface area (Å²) in [6.45, 7) is 2.14. The molecule has 8 heteroatoms. The van der Waals surface area contributed by atoms with Gasteiger partial charge >= 0.3 is 5.69 Å². The summed E-state index contributed by atoms with van der Waals surface area (Å²) in [6.07, 6.45) is 3.57. The van der Waals surface area contributed by atoms with Crippen LogP contribution in [0.1, 0.15) is 17.7 Å². The number of aliphatic hydroxyl groups excluding tert-OH is 1. The summed E-state index contributed by atoms with van der Waals surface area (Å²) in [6, 6.07) is 3.79. The van der Waals surface area contributed by atoms with Crippen LogP contribution in [-0.4, -0.2) is 37.8 Å². The van der Waals surface area contributed by atoms with Crippen LogP contribution in [0.3, 0.4) is 0 Å². The molecule has 1 fully saturated rings. The molecule has 1 saturated heterocycles. The fourth-order valence-corrected chi connectivity index (χ4v) is 3.82. The third kappa shape index (κ3) is 2.88. The van der Waals surface area contributed by atoms with E-state index in [1.54, 1.807) is 10.8 Å². The number of aromatic nitrogens is 4. The molecule has 3 aromatic heterocycles. The lowest BCUT2D eigenvalue weighted by atomic mass is 10.0. The predicted octanol–water partition coefficient (Wildman–Crippen LogP) is 1.77. The quantitative estimate of drug-likeness (QED) is 0.751. The standard InChI is InChI=1S/C16H18N4O3S/c21-9-11-1-2-13(24-11)12-7-17-14-15(18-12)20(16(22)19-14)8-10-3-5-23-6-4-10/h1-2,7,10,21H,3-6,8-9H2,(H,17,19,22). The highest BCUT2D eigenvalue weighted by Crippen LogP contribution is 2.27. The van der Waals surface area contributed by atoms with Gasteiger partial charge in [0.05, 0.1) is 17.7 Å². The average Bonchev–Trinajstić information content (AvgIpc) is 3.21. The molecule has 0 spiro atoms. The molecule has 0 bridgehead atoms. The normalized spacial score (nSPS) is 16.0. The topological polar surface area (TPSA) is 93.0 Å². The maximum absolute atomic E-state index is 12.3. The smallest absolute Gasteiger partial charge is 0.328 e. The van der Waals surface area contributed by atoms with Gasteiger partial charge in [-0.25, -0.2) is 14.8 Å². The van der Waals surface area contributed by atoms with Crippen molar-refractivity contribution in [3.8, 4) is 10.6 Å². The molecule has 0 amide bonds. The number of aliphatic hydroxyl groups is 1. The van der Waals surface area contributed by atoms with E-state index in [4.69, 9.17) is 4.74 Å². The van der Waals surface area contributed by atoms with Crippen LogP contribution in [-0.2, 0) is 17.9 Å². The van der Waals surface area contributed by atoms with E-state index in [-0.39, 0.29) is 12.3 Å². The van der Waals surface area contributed by atoms with Crippen molar-refractivity contribution in [2.24, 2.45) is 5.92 Å². The van der Waals surface area contributed by atoms with Crippen LogP contribution in [0.25, 0.3) is 21.9 Å². The Hall–Kier alpha value is -2.03. The number of thiophene rings is 1.